The van der Waals surface area contributed by atoms with Crippen molar-refractivity contribution < 1.29 is 22.7 Å². The van der Waals surface area contributed by atoms with Crippen molar-refractivity contribution in [3.8, 4) is 5.75 Å². The summed E-state index contributed by atoms with van der Waals surface area (Å²) in [6.07, 6.45) is -0.912. The summed E-state index contributed by atoms with van der Waals surface area (Å²) in [6.45, 7) is 2.65. The fourth-order valence-electron chi connectivity index (χ4n) is 2.88. The van der Waals surface area contributed by atoms with Gasteiger partial charge in [-0.1, -0.05) is 42.5 Å². The maximum Gasteiger partial charge on any atom is 0.263 e. The summed E-state index contributed by atoms with van der Waals surface area (Å²) < 4.78 is 37.4. The van der Waals surface area contributed by atoms with E-state index in [0.717, 1.165) is 5.56 Å². The lowest BCUT2D eigenvalue weighted by atomic mass is 10.2. The zero-order valence-electron chi connectivity index (χ0n) is 15.7. The Morgan fingerprint density at radius 2 is 1.89 bits per heavy atom. The molecule has 28 heavy (non-hydrogen) atoms. The molecule has 0 bridgehead atoms. The zero-order valence-corrected chi connectivity index (χ0v) is 16.5. The van der Waals surface area contributed by atoms with Crippen LogP contribution in [0.3, 0.4) is 0 Å². The van der Waals surface area contributed by atoms with Gasteiger partial charge in [-0.05, 0) is 24.6 Å². The number of ether oxygens (including phenoxy) is 2. The van der Waals surface area contributed by atoms with Crippen molar-refractivity contribution in [3.05, 3.63) is 60.2 Å². The fourth-order valence-corrected chi connectivity index (χ4v) is 4.01. The number of hydrogen-bond acceptors (Lipinski definition) is 5. The van der Waals surface area contributed by atoms with E-state index in [1.54, 1.807) is 31.2 Å². The van der Waals surface area contributed by atoms with E-state index in [2.05, 4.69) is 5.32 Å². The quantitative estimate of drug-likeness (QED) is 0.680. The predicted molar refractivity (Wildman–Crippen MR) is 107 cm³/mol. The van der Waals surface area contributed by atoms with Gasteiger partial charge in [-0.3, -0.25) is 9.10 Å². The van der Waals surface area contributed by atoms with Crippen LogP contribution in [0, 0.1) is 0 Å². The summed E-state index contributed by atoms with van der Waals surface area (Å²) in [5, 5.41) is 2.75. The van der Waals surface area contributed by atoms with E-state index < -0.39 is 16.1 Å². The molecule has 1 heterocycles. The number of nitrogens with zero attached hydrogens (tertiary/aromatic N) is 1. The lowest BCUT2D eigenvalue weighted by molar-refractivity contribution is -0.128. The Kier molecular flexibility index (Phi) is 6.53. The molecule has 2 aromatic carbocycles. The summed E-state index contributed by atoms with van der Waals surface area (Å²) in [7, 11) is -3.51. The largest absolute Gasteiger partial charge is 0.476 e. The first-order valence-electron chi connectivity index (χ1n) is 9.16. The molecule has 0 radical (unpaired) electrons. The van der Waals surface area contributed by atoms with Crippen molar-refractivity contribution >= 4 is 21.6 Å². The minimum Gasteiger partial charge on any atom is -0.476 e. The standard InChI is InChI=1S/C20H24N2O5S/c1-2-28(24,25)22-14-19(27-18-11-7-6-10-17(18)22)20(23)21-12-13-26-15-16-8-4-3-5-9-16/h3-11,19H,2,12-15H2,1H3,(H,21,23)/t19-/m1/s1. The second kappa shape index (κ2) is 9.07. The molecule has 0 saturated carbocycles. The van der Waals surface area contributed by atoms with Gasteiger partial charge in [-0.2, -0.15) is 0 Å². The zero-order chi connectivity index (χ0) is 20.0. The molecule has 0 fully saturated rings. The van der Waals surface area contributed by atoms with Gasteiger partial charge in [0.25, 0.3) is 5.91 Å². The third kappa shape index (κ3) is 4.82. The third-order valence-electron chi connectivity index (χ3n) is 4.39. The second-order valence-corrected chi connectivity index (χ2v) is 8.52. The van der Waals surface area contributed by atoms with Crippen molar-refractivity contribution in [2.75, 3.05) is 29.8 Å². The Morgan fingerprint density at radius 1 is 1.18 bits per heavy atom. The molecule has 3 rings (SSSR count). The monoisotopic (exact) mass is 404 g/mol. The molecule has 1 atom stereocenters. The van der Waals surface area contributed by atoms with E-state index in [4.69, 9.17) is 9.47 Å². The molecule has 7 nitrogen and oxygen atoms in total. The number of amides is 1. The molecule has 1 N–H and O–H groups in total. The Labute approximate surface area is 165 Å². The number of benzene rings is 2. The minimum absolute atomic E-state index is 0.0517. The van der Waals surface area contributed by atoms with Gasteiger partial charge in [-0.25, -0.2) is 8.42 Å². The lowest BCUT2D eigenvalue weighted by Crippen LogP contribution is -2.51. The average Bonchev–Trinajstić information content (AvgIpc) is 2.73. The minimum atomic E-state index is -3.51. The maximum atomic E-state index is 12.5. The SMILES string of the molecule is CCS(=O)(=O)N1C[C@H](C(=O)NCCOCc2ccccc2)Oc2ccccc21. The molecule has 1 aliphatic rings. The van der Waals surface area contributed by atoms with Crippen LogP contribution in [0.25, 0.3) is 0 Å². The van der Waals surface area contributed by atoms with Gasteiger partial charge in [0.2, 0.25) is 10.0 Å². The van der Waals surface area contributed by atoms with Crippen molar-refractivity contribution in [2.24, 2.45) is 0 Å². The second-order valence-electron chi connectivity index (χ2n) is 6.34. The van der Waals surface area contributed by atoms with Crippen molar-refractivity contribution in [1.29, 1.82) is 0 Å². The van der Waals surface area contributed by atoms with E-state index in [1.807, 2.05) is 30.3 Å². The Bertz CT molecular complexity index is 902. The van der Waals surface area contributed by atoms with Crippen LogP contribution in [0.1, 0.15) is 12.5 Å². The first-order chi connectivity index (χ1) is 13.5. The van der Waals surface area contributed by atoms with Gasteiger partial charge in [0.1, 0.15) is 5.75 Å². The molecular formula is C20H24N2O5S. The number of rotatable bonds is 8. The number of anilines is 1. The van der Waals surface area contributed by atoms with Crippen LogP contribution in [-0.4, -0.2) is 45.9 Å². The number of fused-ring (bicyclic) bond motifs is 1. The predicted octanol–water partition coefficient (Wildman–Crippen LogP) is 1.94. The molecule has 150 valence electrons. The molecule has 0 saturated heterocycles. The highest BCUT2D eigenvalue weighted by atomic mass is 32.2. The van der Waals surface area contributed by atoms with Crippen molar-refractivity contribution in [1.82, 2.24) is 5.32 Å². The fraction of sp³-hybridized carbons (Fsp3) is 0.350. The highest BCUT2D eigenvalue weighted by Crippen LogP contribution is 2.34. The van der Waals surface area contributed by atoms with Gasteiger partial charge < -0.3 is 14.8 Å². The molecule has 0 unspecified atom stereocenters. The number of nitrogens with one attached hydrogen (secondary N) is 1. The third-order valence-corrected chi connectivity index (χ3v) is 6.13. The van der Waals surface area contributed by atoms with Gasteiger partial charge in [0, 0.05) is 6.54 Å². The first kappa shape index (κ1) is 20.2. The molecule has 8 heteroatoms. The van der Waals surface area contributed by atoms with Crippen molar-refractivity contribution in [2.45, 2.75) is 19.6 Å². The molecule has 1 aliphatic heterocycles. The van der Waals surface area contributed by atoms with E-state index in [-0.39, 0.29) is 18.2 Å². The normalized spacial score (nSPS) is 16.2. The number of sulfonamides is 1. The number of para-hydroxylation sites is 2. The van der Waals surface area contributed by atoms with Crippen LogP contribution in [0.15, 0.2) is 54.6 Å². The smallest absolute Gasteiger partial charge is 0.263 e. The molecule has 0 aromatic heterocycles. The Hall–Kier alpha value is -2.58. The van der Waals surface area contributed by atoms with Crippen molar-refractivity contribution in [3.63, 3.8) is 0 Å². The van der Waals surface area contributed by atoms with Crippen LogP contribution >= 0.6 is 0 Å². The molecular weight excluding hydrogens is 380 g/mol. The van der Waals surface area contributed by atoms with E-state index >= 15 is 0 Å². The van der Waals surface area contributed by atoms with Crippen LogP contribution in [0.5, 0.6) is 5.75 Å². The highest BCUT2D eigenvalue weighted by molar-refractivity contribution is 7.92. The molecule has 0 aliphatic carbocycles. The molecule has 1 amide bonds. The van der Waals surface area contributed by atoms with Crippen LogP contribution < -0.4 is 14.4 Å². The van der Waals surface area contributed by atoms with Crippen LogP contribution in [0.4, 0.5) is 5.69 Å². The molecule has 0 spiro atoms. The van der Waals surface area contributed by atoms with E-state index in [9.17, 15) is 13.2 Å². The average molecular weight is 404 g/mol. The summed E-state index contributed by atoms with van der Waals surface area (Å²) in [4.78, 5) is 12.5. The summed E-state index contributed by atoms with van der Waals surface area (Å²) in [5.41, 5.74) is 1.51. The summed E-state index contributed by atoms with van der Waals surface area (Å²) in [5.74, 6) is -0.0383. The Morgan fingerprint density at radius 3 is 2.64 bits per heavy atom. The topological polar surface area (TPSA) is 84.9 Å². The van der Waals surface area contributed by atoms with E-state index in [0.29, 0.717) is 31.2 Å². The summed E-state index contributed by atoms with van der Waals surface area (Å²) >= 11 is 0. The van der Waals surface area contributed by atoms with E-state index in [1.165, 1.54) is 4.31 Å². The number of carbonyl (C=O) groups is 1. The Balaban J connectivity index is 1.55. The number of carbonyl (C=O) groups excluding carboxylic acids is 1. The first-order valence-corrected chi connectivity index (χ1v) is 10.8. The lowest BCUT2D eigenvalue weighted by Gasteiger charge is -2.34. The van der Waals surface area contributed by atoms with Crippen LogP contribution in [-0.2, 0) is 26.2 Å². The van der Waals surface area contributed by atoms with Gasteiger partial charge in [0.05, 0.1) is 31.2 Å². The number of hydrogen-bond donors (Lipinski definition) is 1. The molecule has 2 aromatic rings. The van der Waals surface area contributed by atoms with Gasteiger partial charge in [-0.15, -0.1) is 0 Å². The highest BCUT2D eigenvalue weighted by Gasteiger charge is 2.35. The summed E-state index contributed by atoms with van der Waals surface area (Å²) in [6, 6.07) is 16.6. The maximum absolute atomic E-state index is 12.5. The van der Waals surface area contributed by atoms with Gasteiger partial charge >= 0.3 is 0 Å². The van der Waals surface area contributed by atoms with Crippen LogP contribution in [0.2, 0.25) is 0 Å². The van der Waals surface area contributed by atoms with Gasteiger partial charge in [0.15, 0.2) is 6.10 Å².